The maximum atomic E-state index is 12.5. The number of anilines is 2. The van der Waals surface area contributed by atoms with E-state index in [0.29, 0.717) is 11.4 Å². The number of hydrogen-bond acceptors (Lipinski definition) is 3. The van der Waals surface area contributed by atoms with Crippen LogP contribution < -0.4 is 21.3 Å². The molecule has 4 N–H and O–H groups in total. The first-order valence-corrected chi connectivity index (χ1v) is 10.2. The van der Waals surface area contributed by atoms with Crippen molar-refractivity contribution in [3.8, 4) is 0 Å². The van der Waals surface area contributed by atoms with Crippen LogP contribution in [0.25, 0.3) is 0 Å². The summed E-state index contributed by atoms with van der Waals surface area (Å²) in [6, 6.07) is 17.1. The molecule has 152 valence electrons. The van der Waals surface area contributed by atoms with Crippen LogP contribution in [0.3, 0.4) is 0 Å². The van der Waals surface area contributed by atoms with Crippen molar-refractivity contribution < 1.29 is 4.79 Å². The second-order valence-electron chi connectivity index (χ2n) is 5.59. The third-order valence-corrected chi connectivity index (χ3v) is 4.68. The molecule has 5 nitrogen and oxygen atoms in total. The van der Waals surface area contributed by atoms with Crippen LogP contribution in [0.5, 0.6) is 0 Å². The van der Waals surface area contributed by atoms with Crippen LogP contribution in [0.4, 0.5) is 16.2 Å². The first kappa shape index (κ1) is 23.3. The van der Waals surface area contributed by atoms with Crippen molar-refractivity contribution in [2.24, 2.45) is 0 Å². The Hall–Kier alpha value is -0.950. The number of para-hydroxylation sites is 2. The van der Waals surface area contributed by atoms with Crippen molar-refractivity contribution in [3.63, 3.8) is 0 Å². The zero-order valence-corrected chi connectivity index (χ0v) is 18.6. The van der Waals surface area contributed by atoms with E-state index in [-0.39, 0.29) is 0 Å². The zero-order valence-electron chi connectivity index (χ0n) is 14.1. The molecule has 2 aromatic carbocycles. The summed E-state index contributed by atoms with van der Waals surface area (Å²) in [5, 5.41) is 10.9. The minimum atomic E-state index is -1.85. The van der Waals surface area contributed by atoms with E-state index < -0.39 is 25.9 Å². The van der Waals surface area contributed by atoms with E-state index in [4.69, 9.17) is 69.6 Å². The van der Waals surface area contributed by atoms with Crippen LogP contribution in [-0.2, 0) is 0 Å². The third-order valence-electron chi connectivity index (χ3n) is 3.38. The van der Waals surface area contributed by atoms with Gasteiger partial charge in [0.2, 0.25) is 7.59 Å². The van der Waals surface area contributed by atoms with E-state index in [9.17, 15) is 4.79 Å². The summed E-state index contributed by atoms with van der Waals surface area (Å²) in [7, 11) is 0. The van der Waals surface area contributed by atoms with Crippen molar-refractivity contribution in [2.45, 2.75) is 19.9 Å². The van der Waals surface area contributed by atoms with Gasteiger partial charge in [0.15, 0.2) is 0 Å². The molecule has 28 heavy (non-hydrogen) atoms. The Kier molecular flexibility index (Phi) is 8.49. The quantitative estimate of drug-likeness (QED) is 0.292. The van der Waals surface area contributed by atoms with Crippen LogP contribution in [0.15, 0.2) is 60.7 Å². The van der Waals surface area contributed by atoms with E-state index in [1.165, 1.54) is 0 Å². The molecule has 0 heterocycles. The number of hydrogen-bond donors (Lipinski definition) is 4. The van der Waals surface area contributed by atoms with Crippen LogP contribution in [-0.4, -0.2) is 25.9 Å². The molecule has 2 amide bonds. The van der Waals surface area contributed by atoms with Gasteiger partial charge < -0.3 is 21.3 Å². The molecular weight excluding hydrogens is 489 g/mol. The minimum Gasteiger partial charge on any atom is -0.362 e. The number of urea groups is 1. The SMILES string of the molecule is O=C(N[C@H](Nc1ccccc1)C(Cl)(Cl)Cl)N[C@H](Nc1ccccc1)C(Cl)(Cl)Cl. The summed E-state index contributed by atoms with van der Waals surface area (Å²) in [4.78, 5) is 12.5. The van der Waals surface area contributed by atoms with Crippen LogP contribution in [0.2, 0.25) is 0 Å². The molecule has 0 unspecified atom stereocenters. The van der Waals surface area contributed by atoms with Crippen LogP contribution in [0, 0.1) is 0 Å². The number of carbonyl (C=O) groups excluding carboxylic acids is 1. The first-order valence-electron chi connectivity index (χ1n) is 7.89. The van der Waals surface area contributed by atoms with Gasteiger partial charge in [0.1, 0.15) is 12.3 Å². The Morgan fingerprint density at radius 2 is 0.964 bits per heavy atom. The predicted octanol–water partition coefficient (Wildman–Crippen LogP) is 5.90. The Bertz CT molecular complexity index is 688. The summed E-state index contributed by atoms with van der Waals surface area (Å²) in [6.07, 6.45) is -2.12. The van der Waals surface area contributed by atoms with Gasteiger partial charge in [-0.25, -0.2) is 4.79 Å². The highest BCUT2D eigenvalue weighted by molar-refractivity contribution is 6.68. The third kappa shape index (κ3) is 7.82. The van der Waals surface area contributed by atoms with Gasteiger partial charge in [-0.1, -0.05) is 106 Å². The minimum absolute atomic E-state index is 0.638. The van der Waals surface area contributed by atoms with Gasteiger partial charge in [0, 0.05) is 11.4 Å². The number of nitrogens with one attached hydrogen (secondary N) is 4. The van der Waals surface area contributed by atoms with Crippen molar-refractivity contribution in [1.82, 2.24) is 10.6 Å². The number of halogens is 6. The molecule has 0 fully saturated rings. The molecule has 0 aliphatic carbocycles. The fraction of sp³-hybridized carbons (Fsp3) is 0.235. The number of carbonyl (C=O) groups is 1. The fourth-order valence-corrected chi connectivity index (χ4v) is 2.76. The fourth-order valence-electron chi connectivity index (χ4n) is 2.11. The molecule has 0 radical (unpaired) electrons. The molecular formula is C17H16Cl6N4O. The molecule has 0 bridgehead atoms. The topological polar surface area (TPSA) is 65.2 Å². The highest BCUT2D eigenvalue weighted by atomic mass is 35.6. The van der Waals surface area contributed by atoms with E-state index in [0.717, 1.165) is 0 Å². The summed E-state index contributed by atoms with van der Waals surface area (Å²) < 4.78 is -3.70. The smallest absolute Gasteiger partial charge is 0.318 e. The molecule has 2 aromatic rings. The van der Waals surface area contributed by atoms with E-state index >= 15 is 0 Å². The lowest BCUT2D eigenvalue weighted by molar-refractivity contribution is 0.235. The van der Waals surface area contributed by atoms with Crippen molar-refractivity contribution in [1.29, 1.82) is 0 Å². The normalized spacial score (nSPS) is 13.9. The van der Waals surface area contributed by atoms with Crippen molar-refractivity contribution in [3.05, 3.63) is 60.7 Å². The van der Waals surface area contributed by atoms with Gasteiger partial charge in [0.05, 0.1) is 0 Å². The van der Waals surface area contributed by atoms with Crippen molar-refractivity contribution >= 4 is 87.0 Å². The first-order chi connectivity index (χ1) is 13.1. The van der Waals surface area contributed by atoms with Gasteiger partial charge in [-0.2, -0.15) is 0 Å². The van der Waals surface area contributed by atoms with Crippen LogP contribution >= 0.6 is 69.6 Å². The molecule has 11 heteroatoms. The average Bonchev–Trinajstić information content (AvgIpc) is 2.61. The number of amides is 2. The Morgan fingerprint density at radius 3 is 1.25 bits per heavy atom. The van der Waals surface area contributed by atoms with Gasteiger partial charge in [-0.05, 0) is 24.3 Å². The molecule has 0 aliphatic heterocycles. The lowest BCUT2D eigenvalue weighted by atomic mass is 10.3. The summed E-state index contributed by atoms with van der Waals surface area (Å²) >= 11 is 35.9. The standard InChI is InChI=1S/C17H16Cl6N4O/c18-16(19,20)13(24-11-7-3-1-4-8-11)26-15(28)27-14(17(21,22)23)25-12-9-5-2-6-10-12/h1-10,13-14,24-25H,(H2,26,27,28)/t13-,14-/m0/s1. The zero-order chi connectivity index (χ0) is 20.8. The summed E-state index contributed by atoms with van der Waals surface area (Å²) in [5.74, 6) is 0. The van der Waals surface area contributed by atoms with Gasteiger partial charge in [-0.15, -0.1) is 0 Å². The number of rotatable bonds is 6. The molecule has 0 aliphatic rings. The van der Waals surface area contributed by atoms with Crippen molar-refractivity contribution in [2.75, 3.05) is 10.6 Å². The highest BCUT2D eigenvalue weighted by Crippen LogP contribution is 2.32. The van der Waals surface area contributed by atoms with Gasteiger partial charge in [-0.3, -0.25) is 0 Å². The van der Waals surface area contributed by atoms with Crippen LogP contribution in [0.1, 0.15) is 0 Å². The largest absolute Gasteiger partial charge is 0.362 e. The van der Waals surface area contributed by atoms with E-state index in [1.807, 2.05) is 12.1 Å². The second-order valence-corrected chi connectivity index (χ2v) is 10.3. The Morgan fingerprint density at radius 1 is 0.643 bits per heavy atom. The number of alkyl halides is 6. The average molecular weight is 505 g/mol. The molecule has 2 rings (SSSR count). The predicted molar refractivity (Wildman–Crippen MR) is 120 cm³/mol. The maximum Gasteiger partial charge on any atom is 0.318 e. The molecule has 2 atom stereocenters. The summed E-state index contributed by atoms with van der Waals surface area (Å²) in [6.45, 7) is 0. The second kappa shape index (κ2) is 10.2. The lowest BCUT2D eigenvalue weighted by Crippen LogP contribution is -2.57. The summed E-state index contributed by atoms with van der Waals surface area (Å²) in [5.41, 5.74) is 1.28. The Balaban J connectivity index is 2.08. The molecule has 0 spiro atoms. The van der Waals surface area contributed by atoms with E-state index in [2.05, 4.69) is 21.3 Å². The Labute approximate surface area is 192 Å². The van der Waals surface area contributed by atoms with E-state index in [1.54, 1.807) is 48.5 Å². The number of benzene rings is 2. The molecule has 0 aromatic heterocycles. The lowest BCUT2D eigenvalue weighted by Gasteiger charge is -2.31. The van der Waals surface area contributed by atoms with Gasteiger partial charge >= 0.3 is 6.03 Å². The highest BCUT2D eigenvalue weighted by Gasteiger charge is 2.37. The van der Waals surface area contributed by atoms with Gasteiger partial charge in [0.25, 0.3) is 0 Å². The molecule has 0 saturated heterocycles. The maximum absolute atomic E-state index is 12.5. The molecule has 0 saturated carbocycles. The monoisotopic (exact) mass is 502 g/mol.